The Hall–Kier alpha value is -3.21. The van der Waals surface area contributed by atoms with Crippen LogP contribution in [0.3, 0.4) is 0 Å². The maximum atomic E-state index is 12.6. The van der Waals surface area contributed by atoms with Gasteiger partial charge in [-0.05, 0) is 25.1 Å². The molecule has 0 saturated carbocycles. The molecule has 0 aliphatic rings. The molecule has 1 aromatic heterocycles. The fourth-order valence-corrected chi connectivity index (χ4v) is 2.52. The molecule has 5 nitrogen and oxygen atoms in total. The Balaban J connectivity index is 1.79. The summed E-state index contributed by atoms with van der Waals surface area (Å²) in [5.74, 6) is 0.808. The highest BCUT2D eigenvalue weighted by molar-refractivity contribution is 5.94. The van der Waals surface area contributed by atoms with Gasteiger partial charge in [0.2, 0.25) is 11.7 Å². The summed E-state index contributed by atoms with van der Waals surface area (Å²) in [4.78, 5) is 18.7. The second-order valence-electron chi connectivity index (χ2n) is 5.72. The lowest BCUT2D eigenvalue weighted by Crippen LogP contribution is -2.30. The van der Waals surface area contributed by atoms with Crippen molar-refractivity contribution in [3.8, 4) is 11.4 Å². The second kappa shape index (κ2) is 7.57. The molecule has 0 atom stereocenters. The molecule has 0 spiro atoms. The Kier molecular flexibility index (Phi) is 5.04. The summed E-state index contributed by atoms with van der Waals surface area (Å²) < 4.78 is 5.33. The van der Waals surface area contributed by atoms with Crippen LogP contribution >= 0.6 is 0 Å². The molecule has 3 rings (SSSR count). The molecule has 126 valence electrons. The molecular formula is C20H19N3O2. The zero-order chi connectivity index (χ0) is 17.6. The highest BCUT2D eigenvalue weighted by atomic mass is 16.5. The van der Waals surface area contributed by atoms with E-state index in [0.717, 1.165) is 11.1 Å². The topological polar surface area (TPSA) is 59.2 Å². The molecule has 2 aromatic carbocycles. The van der Waals surface area contributed by atoms with Crippen molar-refractivity contribution in [2.45, 2.75) is 13.5 Å². The number of benzene rings is 2. The molecule has 5 heteroatoms. The molecule has 0 aliphatic carbocycles. The van der Waals surface area contributed by atoms with E-state index in [1.54, 1.807) is 23.1 Å². The second-order valence-corrected chi connectivity index (χ2v) is 5.72. The molecule has 1 amide bonds. The average molecular weight is 333 g/mol. The first-order valence-corrected chi connectivity index (χ1v) is 8.02. The molecule has 25 heavy (non-hydrogen) atoms. The van der Waals surface area contributed by atoms with Crippen LogP contribution in [0.4, 0.5) is 0 Å². The predicted molar refractivity (Wildman–Crippen MR) is 95.9 cm³/mol. The third kappa shape index (κ3) is 4.01. The van der Waals surface area contributed by atoms with E-state index in [2.05, 4.69) is 16.7 Å². The van der Waals surface area contributed by atoms with E-state index < -0.39 is 0 Å². The number of carbonyl (C=O) groups is 1. The summed E-state index contributed by atoms with van der Waals surface area (Å²) >= 11 is 0. The molecule has 0 fully saturated rings. The molecule has 0 radical (unpaired) electrons. The van der Waals surface area contributed by atoms with Crippen LogP contribution in [0, 0.1) is 6.92 Å². The van der Waals surface area contributed by atoms with Gasteiger partial charge in [0.25, 0.3) is 5.91 Å². The fraction of sp³-hybridized carbons (Fsp3) is 0.150. The summed E-state index contributed by atoms with van der Waals surface area (Å²) in [5, 5.41) is 4.02. The van der Waals surface area contributed by atoms with Gasteiger partial charge >= 0.3 is 0 Å². The zero-order valence-electron chi connectivity index (χ0n) is 14.1. The summed E-state index contributed by atoms with van der Waals surface area (Å²) in [5.41, 5.74) is 2.62. The minimum atomic E-state index is -0.101. The van der Waals surface area contributed by atoms with Crippen LogP contribution in [-0.4, -0.2) is 27.5 Å². The van der Waals surface area contributed by atoms with E-state index in [1.165, 1.54) is 0 Å². The molecular weight excluding hydrogens is 314 g/mol. The van der Waals surface area contributed by atoms with Gasteiger partial charge in [-0.2, -0.15) is 4.98 Å². The van der Waals surface area contributed by atoms with Crippen molar-refractivity contribution in [2.24, 2.45) is 0 Å². The van der Waals surface area contributed by atoms with Gasteiger partial charge < -0.3 is 9.42 Å². The van der Waals surface area contributed by atoms with Crippen LogP contribution < -0.4 is 0 Å². The maximum absolute atomic E-state index is 12.6. The fourth-order valence-electron chi connectivity index (χ4n) is 2.52. The van der Waals surface area contributed by atoms with Crippen LogP contribution in [0.15, 0.2) is 71.8 Å². The van der Waals surface area contributed by atoms with Crippen LogP contribution in [-0.2, 0) is 6.54 Å². The Morgan fingerprint density at radius 1 is 1.20 bits per heavy atom. The van der Waals surface area contributed by atoms with Crippen molar-refractivity contribution in [3.05, 3.63) is 84.3 Å². The van der Waals surface area contributed by atoms with E-state index in [4.69, 9.17) is 4.52 Å². The normalized spacial score (nSPS) is 10.4. The average Bonchev–Trinajstić information content (AvgIpc) is 3.10. The number of hydrogen-bond acceptors (Lipinski definition) is 4. The summed E-state index contributed by atoms with van der Waals surface area (Å²) in [7, 11) is 0. The molecule has 1 heterocycles. The molecule has 0 bridgehead atoms. The van der Waals surface area contributed by atoms with Gasteiger partial charge in [-0.3, -0.25) is 4.79 Å². The number of amides is 1. The Labute approximate surface area is 146 Å². The van der Waals surface area contributed by atoms with E-state index in [0.29, 0.717) is 23.8 Å². The van der Waals surface area contributed by atoms with Crippen molar-refractivity contribution >= 4 is 5.91 Å². The lowest BCUT2D eigenvalue weighted by Gasteiger charge is -2.19. The van der Waals surface area contributed by atoms with Crippen molar-refractivity contribution in [1.29, 1.82) is 0 Å². The molecule has 0 aliphatic heterocycles. The number of nitrogens with zero attached hydrogens (tertiary/aromatic N) is 3. The Morgan fingerprint density at radius 3 is 2.72 bits per heavy atom. The van der Waals surface area contributed by atoms with Crippen molar-refractivity contribution in [3.63, 3.8) is 0 Å². The Morgan fingerprint density at radius 2 is 2.00 bits per heavy atom. The monoisotopic (exact) mass is 333 g/mol. The van der Waals surface area contributed by atoms with Gasteiger partial charge in [0.1, 0.15) is 6.54 Å². The maximum Gasteiger partial charge on any atom is 0.254 e. The van der Waals surface area contributed by atoms with Gasteiger partial charge in [0.15, 0.2) is 0 Å². The number of aromatic nitrogens is 2. The number of aryl methyl sites for hydroxylation is 1. The first kappa shape index (κ1) is 16.6. The first-order chi connectivity index (χ1) is 12.2. The SMILES string of the molecule is C=CCN(Cc1nc(-c2cccc(C)c2)no1)C(=O)c1ccccc1. The highest BCUT2D eigenvalue weighted by Crippen LogP contribution is 2.18. The predicted octanol–water partition coefficient (Wildman–Crippen LogP) is 3.87. The van der Waals surface area contributed by atoms with Gasteiger partial charge in [-0.25, -0.2) is 0 Å². The van der Waals surface area contributed by atoms with Crippen LogP contribution in [0.5, 0.6) is 0 Å². The molecule has 0 saturated heterocycles. The quantitative estimate of drug-likeness (QED) is 0.643. The van der Waals surface area contributed by atoms with Gasteiger partial charge in [-0.15, -0.1) is 6.58 Å². The highest BCUT2D eigenvalue weighted by Gasteiger charge is 2.18. The smallest absolute Gasteiger partial charge is 0.254 e. The van der Waals surface area contributed by atoms with Crippen LogP contribution in [0.1, 0.15) is 21.8 Å². The number of rotatable bonds is 6. The number of carbonyl (C=O) groups excluding carboxylic acids is 1. The molecule has 0 unspecified atom stereocenters. The lowest BCUT2D eigenvalue weighted by molar-refractivity contribution is 0.0745. The van der Waals surface area contributed by atoms with Gasteiger partial charge in [0, 0.05) is 17.7 Å². The third-order valence-electron chi connectivity index (χ3n) is 3.73. The minimum absolute atomic E-state index is 0.101. The molecule has 0 N–H and O–H groups in total. The van der Waals surface area contributed by atoms with Crippen LogP contribution in [0.25, 0.3) is 11.4 Å². The van der Waals surface area contributed by atoms with Gasteiger partial charge in [0.05, 0.1) is 0 Å². The minimum Gasteiger partial charge on any atom is -0.337 e. The van der Waals surface area contributed by atoms with Crippen molar-refractivity contribution < 1.29 is 9.32 Å². The zero-order valence-corrected chi connectivity index (χ0v) is 14.1. The summed E-state index contributed by atoms with van der Waals surface area (Å²) in [6.45, 7) is 6.36. The van der Waals surface area contributed by atoms with E-state index in [9.17, 15) is 4.79 Å². The lowest BCUT2D eigenvalue weighted by atomic mass is 10.1. The van der Waals surface area contributed by atoms with Crippen molar-refractivity contribution in [2.75, 3.05) is 6.54 Å². The molecule has 3 aromatic rings. The number of hydrogen-bond donors (Lipinski definition) is 0. The first-order valence-electron chi connectivity index (χ1n) is 8.02. The third-order valence-corrected chi connectivity index (χ3v) is 3.73. The van der Waals surface area contributed by atoms with E-state index in [1.807, 2.05) is 49.4 Å². The van der Waals surface area contributed by atoms with E-state index in [-0.39, 0.29) is 12.5 Å². The van der Waals surface area contributed by atoms with Crippen LogP contribution in [0.2, 0.25) is 0 Å². The van der Waals surface area contributed by atoms with E-state index >= 15 is 0 Å². The Bertz CT molecular complexity index is 871. The van der Waals surface area contributed by atoms with Crippen molar-refractivity contribution in [1.82, 2.24) is 15.0 Å². The largest absolute Gasteiger partial charge is 0.337 e. The summed E-state index contributed by atoms with van der Waals surface area (Å²) in [6.07, 6.45) is 1.68. The van der Waals surface area contributed by atoms with Gasteiger partial charge in [-0.1, -0.05) is 53.2 Å². The summed E-state index contributed by atoms with van der Waals surface area (Å²) in [6, 6.07) is 17.0. The standard InChI is InChI=1S/C20H19N3O2/c1-3-12-23(20(24)16-9-5-4-6-10-16)14-18-21-19(22-25-18)17-11-7-8-15(2)13-17/h3-11,13H,1,12,14H2,2H3.